The molecule has 1 fully saturated rings. The first-order valence-electron chi connectivity index (χ1n) is 10.7. The molecular weight excluding hydrogens is 424 g/mol. The first kappa shape index (κ1) is 22.3. The molecule has 33 heavy (non-hydrogen) atoms. The molecule has 0 atom stereocenters. The molecule has 10 nitrogen and oxygen atoms in total. The van der Waals surface area contributed by atoms with Crippen molar-refractivity contribution >= 4 is 40.6 Å². The van der Waals surface area contributed by atoms with E-state index < -0.39 is 5.91 Å². The first-order valence-corrected chi connectivity index (χ1v) is 10.7. The van der Waals surface area contributed by atoms with E-state index in [2.05, 4.69) is 20.3 Å². The predicted octanol–water partition coefficient (Wildman–Crippen LogP) is 3.07. The van der Waals surface area contributed by atoms with E-state index in [9.17, 15) is 14.4 Å². The Kier molecular flexibility index (Phi) is 6.27. The Hall–Kier alpha value is -3.92. The summed E-state index contributed by atoms with van der Waals surface area (Å²) < 4.78 is 1.66. The van der Waals surface area contributed by atoms with Crippen molar-refractivity contribution in [2.45, 2.75) is 45.6 Å². The third kappa shape index (κ3) is 4.51. The average molecular weight is 448 g/mol. The highest BCUT2D eigenvalue weighted by atomic mass is 16.5. The van der Waals surface area contributed by atoms with Crippen LogP contribution in [0.2, 0.25) is 0 Å². The van der Waals surface area contributed by atoms with Gasteiger partial charge in [0.15, 0.2) is 5.78 Å². The third-order valence-corrected chi connectivity index (χ3v) is 5.81. The van der Waals surface area contributed by atoms with Crippen molar-refractivity contribution in [3.05, 3.63) is 57.6 Å². The molecule has 1 saturated carbocycles. The lowest BCUT2D eigenvalue weighted by atomic mass is 10.0. The highest BCUT2D eigenvalue weighted by Crippen LogP contribution is 2.32. The van der Waals surface area contributed by atoms with Crippen LogP contribution in [0, 0.1) is 6.92 Å². The number of carbonyl (C=O) groups is 2. The van der Waals surface area contributed by atoms with E-state index in [1.54, 1.807) is 36.0 Å². The number of Topliss-reactive ketones (excluding diaryl/α,β-unsaturated/α-hetero) is 1. The van der Waals surface area contributed by atoms with Gasteiger partial charge >= 0.3 is 0 Å². The van der Waals surface area contributed by atoms with Crippen LogP contribution in [-0.4, -0.2) is 36.4 Å². The van der Waals surface area contributed by atoms with Crippen LogP contribution in [0.1, 0.15) is 60.1 Å². The van der Waals surface area contributed by atoms with Gasteiger partial charge in [0.05, 0.1) is 5.56 Å². The van der Waals surface area contributed by atoms with Gasteiger partial charge in [0.2, 0.25) is 5.95 Å². The number of carbonyl (C=O) groups excluding carboxylic acids is 2. The van der Waals surface area contributed by atoms with E-state index in [1.165, 1.54) is 24.6 Å². The Labute approximate surface area is 189 Å². The summed E-state index contributed by atoms with van der Waals surface area (Å²) in [5, 5.41) is 12.2. The van der Waals surface area contributed by atoms with Crippen LogP contribution >= 0.6 is 0 Å². The maximum absolute atomic E-state index is 13.3. The Bertz CT molecular complexity index is 1310. The number of aryl methyl sites for hydroxylation is 1. The van der Waals surface area contributed by atoms with Crippen LogP contribution in [0.3, 0.4) is 0 Å². The molecule has 0 bridgehead atoms. The summed E-state index contributed by atoms with van der Waals surface area (Å²) in [7, 11) is 0. The minimum atomic E-state index is -0.640. The molecule has 3 aromatic heterocycles. The molecule has 1 aliphatic rings. The summed E-state index contributed by atoms with van der Waals surface area (Å²) in [4.78, 5) is 49.9. The number of nitrogens with one attached hydrogen (secondary N) is 2. The number of anilines is 2. The SMILES string of the molecule is CC(=O)c1c(C)c2cnc(Nc3ccc(/C=C/C(=O)NO)cn3)nc2n(C2CCCC2)c1=O. The number of hydrogen-bond acceptors (Lipinski definition) is 8. The highest BCUT2D eigenvalue weighted by molar-refractivity contribution is 5.99. The van der Waals surface area contributed by atoms with Crippen molar-refractivity contribution in [3.63, 3.8) is 0 Å². The number of ketones is 1. The molecule has 1 amide bonds. The molecule has 170 valence electrons. The standard InChI is InChI=1S/C23H24N6O4/c1-13-17-12-25-23(26-18-9-7-15(11-24-18)8-10-19(31)28-33)27-21(17)29(16-5-3-4-6-16)22(32)20(13)14(2)30/h7-12,16,33H,3-6H2,1-2H3,(H,28,31)(H,24,25,26,27)/b10-8+. The van der Waals surface area contributed by atoms with E-state index in [0.717, 1.165) is 25.7 Å². The molecule has 4 rings (SSSR count). The van der Waals surface area contributed by atoms with Gasteiger partial charge in [-0.2, -0.15) is 4.98 Å². The summed E-state index contributed by atoms with van der Waals surface area (Å²) in [5.74, 6) is -0.148. The maximum atomic E-state index is 13.3. The van der Waals surface area contributed by atoms with Crippen molar-refractivity contribution in [1.29, 1.82) is 0 Å². The van der Waals surface area contributed by atoms with Crippen LogP contribution in [0.25, 0.3) is 17.1 Å². The van der Waals surface area contributed by atoms with Gasteiger partial charge in [0, 0.05) is 29.9 Å². The molecule has 3 aromatic rings. The Morgan fingerprint density at radius 3 is 2.58 bits per heavy atom. The minimum Gasteiger partial charge on any atom is -0.309 e. The van der Waals surface area contributed by atoms with Gasteiger partial charge in [0.25, 0.3) is 11.5 Å². The number of nitrogens with zero attached hydrogens (tertiary/aromatic N) is 4. The number of pyridine rings is 2. The van der Waals surface area contributed by atoms with Crippen molar-refractivity contribution in [3.8, 4) is 0 Å². The van der Waals surface area contributed by atoms with Gasteiger partial charge < -0.3 is 5.32 Å². The summed E-state index contributed by atoms with van der Waals surface area (Å²) in [5.41, 5.74) is 3.16. The van der Waals surface area contributed by atoms with E-state index in [1.807, 2.05) is 0 Å². The molecule has 0 spiro atoms. The molecule has 0 radical (unpaired) electrons. The van der Waals surface area contributed by atoms with E-state index in [4.69, 9.17) is 5.21 Å². The lowest BCUT2D eigenvalue weighted by molar-refractivity contribution is -0.124. The zero-order valence-corrected chi connectivity index (χ0v) is 18.3. The number of aromatic nitrogens is 4. The second-order valence-electron chi connectivity index (χ2n) is 8.01. The molecule has 0 unspecified atom stereocenters. The normalized spacial score (nSPS) is 14.2. The lowest BCUT2D eigenvalue weighted by Crippen LogP contribution is -2.30. The van der Waals surface area contributed by atoms with E-state index in [-0.39, 0.29) is 28.9 Å². The van der Waals surface area contributed by atoms with Gasteiger partial charge in [0.1, 0.15) is 11.5 Å². The average Bonchev–Trinajstić information content (AvgIpc) is 3.32. The maximum Gasteiger partial charge on any atom is 0.267 e. The number of hydrogen-bond donors (Lipinski definition) is 3. The summed E-state index contributed by atoms with van der Waals surface area (Å²) in [6, 6.07) is 3.43. The number of hydroxylamine groups is 1. The second-order valence-corrected chi connectivity index (χ2v) is 8.01. The van der Waals surface area contributed by atoms with E-state index >= 15 is 0 Å². The van der Waals surface area contributed by atoms with Gasteiger partial charge in [-0.1, -0.05) is 12.8 Å². The first-order chi connectivity index (χ1) is 15.9. The van der Waals surface area contributed by atoms with Crippen LogP contribution in [0.5, 0.6) is 0 Å². The Balaban J connectivity index is 1.72. The molecule has 0 saturated heterocycles. The highest BCUT2D eigenvalue weighted by Gasteiger charge is 2.25. The monoisotopic (exact) mass is 448 g/mol. The topological polar surface area (TPSA) is 139 Å². The summed E-state index contributed by atoms with van der Waals surface area (Å²) in [6.45, 7) is 3.16. The van der Waals surface area contributed by atoms with Gasteiger partial charge in [-0.3, -0.25) is 24.2 Å². The fourth-order valence-corrected chi connectivity index (χ4v) is 4.21. The van der Waals surface area contributed by atoms with Crippen LogP contribution in [-0.2, 0) is 4.79 Å². The van der Waals surface area contributed by atoms with Crippen molar-refractivity contribution in [1.82, 2.24) is 25.0 Å². The number of amides is 1. The predicted molar refractivity (Wildman–Crippen MR) is 123 cm³/mol. The molecule has 3 N–H and O–H groups in total. The van der Waals surface area contributed by atoms with Gasteiger partial charge in [-0.05, 0) is 56.0 Å². The molecule has 0 aliphatic heterocycles. The Morgan fingerprint density at radius 1 is 1.18 bits per heavy atom. The van der Waals surface area contributed by atoms with Gasteiger partial charge in [-0.15, -0.1) is 0 Å². The number of rotatable bonds is 6. The largest absolute Gasteiger partial charge is 0.309 e. The van der Waals surface area contributed by atoms with Crippen molar-refractivity contribution < 1.29 is 14.8 Å². The number of fused-ring (bicyclic) bond motifs is 1. The molecule has 10 heteroatoms. The second kappa shape index (κ2) is 9.29. The van der Waals surface area contributed by atoms with Crippen molar-refractivity contribution in [2.24, 2.45) is 0 Å². The molecular formula is C23H24N6O4. The summed E-state index contributed by atoms with van der Waals surface area (Å²) >= 11 is 0. The third-order valence-electron chi connectivity index (χ3n) is 5.81. The van der Waals surface area contributed by atoms with Crippen LogP contribution in [0.4, 0.5) is 11.8 Å². The fraction of sp³-hybridized carbons (Fsp3) is 0.304. The zero-order valence-electron chi connectivity index (χ0n) is 18.3. The zero-order chi connectivity index (χ0) is 23.5. The van der Waals surface area contributed by atoms with Gasteiger partial charge in [-0.25, -0.2) is 15.4 Å². The van der Waals surface area contributed by atoms with Crippen LogP contribution in [0.15, 0.2) is 35.4 Å². The smallest absolute Gasteiger partial charge is 0.267 e. The summed E-state index contributed by atoms with van der Waals surface area (Å²) in [6.07, 6.45) is 9.65. The molecule has 3 heterocycles. The van der Waals surface area contributed by atoms with Crippen molar-refractivity contribution in [2.75, 3.05) is 5.32 Å². The minimum absolute atomic E-state index is 0.00164. The Morgan fingerprint density at radius 2 is 1.94 bits per heavy atom. The van der Waals surface area contributed by atoms with E-state index in [0.29, 0.717) is 28.0 Å². The lowest BCUT2D eigenvalue weighted by Gasteiger charge is -2.19. The van der Waals surface area contributed by atoms with Crippen LogP contribution < -0.4 is 16.4 Å². The molecule has 1 aliphatic carbocycles. The fourth-order valence-electron chi connectivity index (χ4n) is 4.21. The molecule has 0 aromatic carbocycles. The quantitative estimate of drug-likeness (QED) is 0.226.